The van der Waals surface area contributed by atoms with Gasteiger partial charge >= 0.3 is 5.97 Å². The van der Waals surface area contributed by atoms with Gasteiger partial charge in [-0.25, -0.2) is 13.2 Å². The van der Waals surface area contributed by atoms with E-state index in [0.29, 0.717) is 17.1 Å². The van der Waals surface area contributed by atoms with Crippen LogP contribution in [0.3, 0.4) is 0 Å². The standard InChI is InChI=1S/C38H49N3O9S2/c1-5-7-19-37(20-8-6-2)25-41(28-17-13-10-14-18-28)30-21-32(51-4)31(22-33(30)52(47,48)26-37)50-24-34(42)40-38(46,27-15-11-9-12-16-27)36(45)39-29(23-49-3)35(43)44/h9-18,21-22,29,46H,5-8,19-20,23-26H2,1-4H3,(H,39,45)(H,40,42)(H,43,44)/t29-,38+/m0/s1. The molecular weight excluding hydrogens is 707 g/mol. The van der Waals surface area contributed by atoms with Crippen molar-refractivity contribution in [1.82, 2.24) is 10.6 Å². The molecule has 2 atom stereocenters. The lowest BCUT2D eigenvalue weighted by Gasteiger charge is -2.37. The predicted molar refractivity (Wildman–Crippen MR) is 201 cm³/mol. The monoisotopic (exact) mass is 755 g/mol. The second kappa shape index (κ2) is 18.1. The van der Waals surface area contributed by atoms with Crippen molar-refractivity contribution in [2.24, 2.45) is 5.41 Å². The van der Waals surface area contributed by atoms with Crippen LogP contribution in [0.15, 0.2) is 82.6 Å². The molecule has 1 heterocycles. The summed E-state index contributed by atoms with van der Waals surface area (Å²) < 4.78 is 39.7. The number of para-hydroxylation sites is 1. The average Bonchev–Trinajstić information content (AvgIpc) is 3.23. The van der Waals surface area contributed by atoms with Crippen molar-refractivity contribution in [2.45, 2.75) is 73.9 Å². The van der Waals surface area contributed by atoms with Crippen molar-refractivity contribution in [2.75, 3.05) is 43.8 Å². The largest absolute Gasteiger partial charge is 0.483 e. The van der Waals surface area contributed by atoms with Gasteiger partial charge in [-0.2, -0.15) is 0 Å². The van der Waals surface area contributed by atoms with Gasteiger partial charge in [0.2, 0.25) is 5.72 Å². The molecule has 1 aliphatic rings. The fraction of sp³-hybridized carbons (Fsp3) is 0.447. The first-order valence-electron chi connectivity index (χ1n) is 17.3. The Morgan fingerprint density at radius 2 is 1.62 bits per heavy atom. The number of nitrogens with zero attached hydrogens (tertiary/aromatic N) is 1. The Morgan fingerprint density at radius 3 is 2.17 bits per heavy atom. The molecule has 2 amide bonds. The Morgan fingerprint density at radius 1 is 1.00 bits per heavy atom. The number of hydrogen-bond donors (Lipinski definition) is 4. The third-order valence-corrected chi connectivity index (χ3v) is 11.9. The summed E-state index contributed by atoms with van der Waals surface area (Å²) in [5.74, 6) is -3.41. The van der Waals surface area contributed by atoms with E-state index in [1.54, 1.807) is 24.3 Å². The number of carbonyl (C=O) groups is 3. The molecule has 14 heteroatoms. The number of aliphatic hydroxyl groups is 1. The van der Waals surface area contributed by atoms with Gasteiger partial charge in [0.25, 0.3) is 11.8 Å². The quantitative estimate of drug-likeness (QED) is 0.0987. The molecule has 4 N–H and O–H groups in total. The summed E-state index contributed by atoms with van der Waals surface area (Å²) in [6.07, 6.45) is 7.01. The van der Waals surface area contributed by atoms with Gasteiger partial charge in [-0.15, -0.1) is 11.8 Å². The smallest absolute Gasteiger partial charge is 0.328 e. The number of thioether (sulfide) groups is 1. The number of carbonyl (C=O) groups excluding carboxylic acids is 2. The van der Waals surface area contributed by atoms with Gasteiger partial charge in [-0.1, -0.05) is 88.1 Å². The van der Waals surface area contributed by atoms with E-state index in [4.69, 9.17) is 9.47 Å². The van der Waals surface area contributed by atoms with E-state index in [2.05, 4.69) is 29.4 Å². The lowest BCUT2D eigenvalue weighted by Crippen LogP contribution is -2.60. The van der Waals surface area contributed by atoms with E-state index in [-0.39, 0.29) is 28.6 Å². The normalized spacial score (nSPS) is 16.4. The van der Waals surface area contributed by atoms with Crippen LogP contribution < -0.4 is 20.3 Å². The second-order valence-electron chi connectivity index (χ2n) is 13.1. The molecule has 12 nitrogen and oxygen atoms in total. The van der Waals surface area contributed by atoms with Gasteiger partial charge in [0.05, 0.1) is 27.8 Å². The number of carboxylic acid groups (broad SMARTS) is 1. The average molecular weight is 756 g/mol. The Kier molecular flexibility index (Phi) is 14.1. The number of methoxy groups -OCH3 is 1. The minimum absolute atomic E-state index is 0.0287. The van der Waals surface area contributed by atoms with Crippen molar-refractivity contribution < 1.29 is 42.5 Å². The van der Waals surface area contributed by atoms with E-state index in [1.807, 2.05) is 36.6 Å². The molecule has 0 saturated carbocycles. The Bertz CT molecular complexity index is 1780. The third kappa shape index (κ3) is 9.65. The zero-order valence-corrected chi connectivity index (χ0v) is 31.7. The van der Waals surface area contributed by atoms with E-state index in [0.717, 1.165) is 44.2 Å². The molecule has 52 heavy (non-hydrogen) atoms. The maximum absolute atomic E-state index is 14.4. The van der Waals surface area contributed by atoms with Crippen molar-refractivity contribution >= 4 is 50.8 Å². The second-order valence-corrected chi connectivity index (χ2v) is 15.9. The number of anilines is 2. The molecule has 0 unspecified atom stereocenters. The maximum atomic E-state index is 14.4. The van der Waals surface area contributed by atoms with Crippen LogP contribution in [0.1, 0.15) is 57.9 Å². The molecule has 0 spiro atoms. The molecule has 0 saturated heterocycles. The van der Waals surface area contributed by atoms with E-state index in [9.17, 15) is 33.0 Å². The molecule has 4 rings (SSSR count). The van der Waals surface area contributed by atoms with Gasteiger partial charge in [0.15, 0.2) is 22.5 Å². The van der Waals surface area contributed by atoms with Crippen molar-refractivity contribution in [3.63, 3.8) is 0 Å². The Hall–Kier alpha value is -4.11. The fourth-order valence-electron chi connectivity index (χ4n) is 6.50. The summed E-state index contributed by atoms with van der Waals surface area (Å²) in [4.78, 5) is 41.2. The van der Waals surface area contributed by atoms with Gasteiger partial charge in [0, 0.05) is 36.4 Å². The molecule has 0 aliphatic carbocycles. The molecule has 3 aromatic carbocycles. The first-order valence-corrected chi connectivity index (χ1v) is 20.2. The summed E-state index contributed by atoms with van der Waals surface area (Å²) in [5, 5.41) is 25.6. The van der Waals surface area contributed by atoms with Crippen LogP contribution in [-0.2, 0) is 34.7 Å². The molecule has 0 bridgehead atoms. The number of sulfone groups is 1. The first kappa shape index (κ1) is 40.7. The van der Waals surface area contributed by atoms with Crippen molar-refractivity contribution in [1.29, 1.82) is 0 Å². The molecule has 1 aliphatic heterocycles. The highest BCUT2D eigenvalue weighted by atomic mass is 32.2. The van der Waals surface area contributed by atoms with E-state index < -0.39 is 51.4 Å². The predicted octanol–water partition coefficient (Wildman–Crippen LogP) is 5.26. The van der Waals surface area contributed by atoms with Crippen molar-refractivity contribution in [3.8, 4) is 5.75 Å². The van der Waals surface area contributed by atoms with Crippen LogP contribution >= 0.6 is 11.8 Å². The maximum Gasteiger partial charge on any atom is 0.328 e. The van der Waals surface area contributed by atoms with Crippen LogP contribution in [0.25, 0.3) is 0 Å². The lowest BCUT2D eigenvalue weighted by molar-refractivity contribution is -0.155. The minimum Gasteiger partial charge on any atom is -0.483 e. The number of ether oxygens (including phenoxy) is 2. The zero-order chi connectivity index (χ0) is 37.9. The van der Waals surface area contributed by atoms with Crippen LogP contribution in [-0.4, -0.2) is 81.3 Å². The van der Waals surface area contributed by atoms with Crippen LogP contribution in [0.5, 0.6) is 5.75 Å². The fourth-order valence-corrected chi connectivity index (χ4v) is 9.17. The van der Waals surface area contributed by atoms with E-state index >= 15 is 0 Å². The Balaban J connectivity index is 1.70. The third-order valence-electron chi connectivity index (χ3n) is 9.19. The van der Waals surface area contributed by atoms with Gasteiger partial charge in [0.1, 0.15) is 5.75 Å². The number of fused-ring (bicyclic) bond motifs is 1. The van der Waals surface area contributed by atoms with Crippen molar-refractivity contribution in [3.05, 3.63) is 78.4 Å². The number of unbranched alkanes of at least 4 members (excludes halogenated alkanes) is 2. The topological polar surface area (TPSA) is 172 Å². The number of carboxylic acids is 1. The summed E-state index contributed by atoms with van der Waals surface area (Å²) >= 11 is 1.32. The Labute approximate surface area is 310 Å². The molecule has 3 aromatic rings. The van der Waals surface area contributed by atoms with Crippen LogP contribution in [0.2, 0.25) is 0 Å². The number of benzene rings is 3. The summed E-state index contributed by atoms with van der Waals surface area (Å²) in [5.41, 5.74) is -1.81. The molecule has 282 valence electrons. The summed E-state index contributed by atoms with van der Waals surface area (Å²) in [6, 6.07) is 19.0. The van der Waals surface area contributed by atoms with Crippen LogP contribution in [0, 0.1) is 5.41 Å². The molecule has 0 radical (unpaired) electrons. The molecular formula is C38H49N3O9S2. The number of hydrogen-bond acceptors (Lipinski definition) is 10. The number of rotatable bonds is 18. The SMILES string of the molecule is CCCCC1(CCCC)CN(c2ccccc2)c2cc(SC)c(OCC(=O)N[C@](O)(C(=O)N[C@@H](COC)C(=O)O)c3ccccc3)cc2S(=O)(=O)C1. The zero-order valence-electron chi connectivity index (χ0n) is 30.1. The summed E-state index contributed by atoms with van der Waals surface area (Å²) in [6.45, 7) is 3.64. The first-order chi connectivity index (χ1) is 24.8. The molecule has 0 aromatic heterocycles. The van der Waals surface area contributed by atoms with Gasteiger partial charge < -0.3 is 35.2 Å². The minimum atomic E-state index is -3.86. The highest BCUT2D eigenvalue weighted by Crippen LogP contribution is 2.47. The number of aliphatic carboxylic acids is 1. The van der Waals surface area contributed by atoms with Crippen LogP contribution in [0.4, 0.5) is 11.4 Å². The number of nitrogens with one attached hydrogen (secondary N) is 2. The number of amides is 2. The summed E-state index contributed by atoms with van der Waals surface area (Å²) in [7, 11) is -2.60. The van der Waals surface area contributed by atoms with Gasteiger partial charge in [-0.3, -0.25) is 9.59 Å². The highest BCUT2D eigenvalue weighted by molar-refractivity contribution is 7.98. The van der Waals surface area contributed by atoms with Gasteiger partial charge in [-0.05, 0) is 37.3 Å². The lowest BCUT2D eigenvalue weighted by atomic mass is 9.79. The molecule has 0 fully saturated rings. The van der Waals surface area contributed by atoms with E-state index in [1.165, 1.54) is 37.1 Å². The highest BCUT2D eigenvalue weighted by Gasteiger charge is 2.44.